The molecule has 0 aliphatic rings. The number of ether oxygens (including phenoxy) is 1. The quantitative estimate of drug-likeness (QED) is 0.769. The number of carbonyl (C=O) groups is 1. The molecule has 0 radical (unpaired) electrons. The van der Waals surface area contributed by atoms with Gasteiger partial charge in [-0.25, -0.2) is 0 Å². The Hall–Kier alpha value is -1.71. The molecule has 5 heteroatoms. The van der Waals surface area contributed by atoms with Crippen LogP contribution in [0.1, 0.15) is 32.3 Å². The number of hydrogen-bond acceptors (Lipinski definition) is 2. The van der Waals surface area contributed by atoms with Crippen LogP contribution >= 0.6 is 23.2 Å². The summed E-state index contributed by atoms with van der Waals surface area (Å²) in [5.41, 5.74) is 1.61. The molecule has 0 unspecified atom stereocenters. The predicted molar refractivity (Wildman–Crippen MR) is 95.7 cm³/mol. The van der Waals surface area contributed by atoms with Gasteiger partial charge in [-0.2, -0.15) is 0 Å². The van der Waals surface area contributed by atoms with E-state index in [2.05, 4.69) is 19.2 Å². The van der Waals surface area contributed by atoms with Gasteiger partial charge in [0.1, 0.15) is 5.75 Å². The summed E-state index contributed by atoms with van der Waals surface area (Å²) in [6.07, 6.45) is -0.646. The molecule has 0 aliphatic carbocycles. The molecule has 0 saturated carbocycles. The molecule has 0 saturated heterocycles. The SMILES string of the molecule is CC(C)c1ccccc1O[C@H](C)C(=O)Nc1cc(Cl)cc(Cl)c1. The molecule has 23 heavy (non-hydrogen) atoms. The first kappa shape index (κ1) is 17.6. The summed E-state index contributed by atoms with van der Waals surface area (Å²) in [7, 11) is 0. The van der Waals surface area contributed by atoms with Gasteiger partial charge in [0, 0.05) is 15.7 Å². The number of anilines is 1. The first-order chi connectivity index (χ1) is 10.9. The Morgan fingerprint density at radius 2 is 1.65 bits per heavy atom. The Labute approximate surface area is 146 Å². The summed E-state index contributed by atoms with van der Waals surface area (Å²) < 4.78 is 5.82. The van der Waals surface area contributed by atoms with Crippen LogP contribution < -0.4 is 10.1 Å². The maximum Gasteiger partial charge on any atom is 0.265 e. The van der Waals surface area contributed by atoms with Crippen LogP contribution in [-0.4, -0.2) is 12.0 Å². The lowest BCUT2D eigenvalue weighted by molar-refractivity contribution is -0.122. The fourth-order valence-corrected chi connectivity index (χ4v) is 2.70. The first-order valence-corrected chi connectivity index (χ1v) is 8.15. The normalized spacial score (nSPS) is 12.1. The maximum absolute atomic E-state index is 12.3. The van der Waals surface area contributed by atoms with Crippen molar-refractivity contribution in [1.29, 1.82) is 0 Å². The summed E-state index contributed by atoms with van der Waals surface area (Å²) in [6, 6.07) is 12.6. The van der Waals surface area contributed by atoms with Crippen molar-refractivity contribution < 1.29 is 9.53 Å². The molecule has 1 amide bonds. The lowest BCUT2D eigenvalue weighted by atomic mass is 10.0. The smallest absolute Gasteiger partial charge is 0.265 e. The van der Waals surface area contributed by atoms with Gasteiger partial charge >= 0.3 is 0 Å². The number of para-hydroxylation sites is 1. The Morgan fingerprint density at radius 3 is 2.26 bits per heavy atom. The van der Waals surface area contributed by atoms with E-state index in [0.717, 1.165) is 5.56 Å². The molecular formula is C18H19Cl2NO2. The van der Waals surface area contributed by atoms with Crippen LogP contribution in [0.3, 0.4) is 0 Å². The average Bonchev–Trinajstić information content (AvgIpc) is 2.46. The first-order valence-electron chi connectivity index (χ1n) is 7.39. The highest BCUT2D eigenvalue weighted by Crippen LogP contribution is 2.27. The maximum atomic E-state index is 12.3. The molecule has 0 fully saturated rings. The van der Waals surface area contributed by atoms with Crippen LogP contribution in [0.25, 0.3) is 0 Å². The van der Waals surface area contributed by atoms with Crippen molar-refractivity contribution in [2.45, 2.75) is 32.8 Å². The highest BCUT2D eigenvalue weighted by atomic mass is 35.5. The number of halogens is 2. The zero-order chi connectivity index (χ0) is 17.0. The zero-order valence-corrected chi connectivity index (χ0v) is 14.8. The molecule has 122 valence electrons. The van der Waals surface area contributed by atoms with Crippen LogP contribution in [0.4, 0.5) is 5.69 Å². The van der Waals surface area contributed by atoms with E-state index in [1.54, 1.807) is 25.1 Å². The molecule has 0 bridgehead atoms. The summed E-state index contributed by atoms with van der Waals surface area (Å²) in [5, 5.41) is 3.69. The number of nitrogens with one attached hydrogen (secondary N) is 1. The number of hydrogen-bond donors (Lipinski definition) is 1. The van der Waals surface area contributed by atoms with E-state index in [0.29, 0.717) is 27.4 Å². The van der Waals surface area contributed by atoms with Crippen molar-refractivity contribution in [3.63, 3.8) is 0 Å². The minimum atomic E-state index is -0.646. The van der Waals surface area contributed by atoms with Crippen molar-refractivity contribution in [3.05, 3.63) is 58.1 Å². The lowest BCUT2D eigenvalue weighted by Gasteiger charge is -2.18. The number of rotatable bonds is 5. The lowest BCUT2D eigenvalue weighted by Crippen LogP contribution is -2.30. The van der Waals surface area contributed by atoms with Gasteiger partial charge in [-0.3, -0.25) is 4.79 Å². The van der Waals surface area contributed by atoms with Crippen molar-refractivity contribution in [2.75, 3.05) is 5.32 Å². The van der Waals surface area contributed by atoms with E-state index < -0.39 is 6.10 Å². The van der Waals surface area contributed by atoms with E-state index in [9.17, 15) is 4.79 Å². The molecule has 2 rings (SSSR count). The summed E-state index contributed by atoms with van der Waals surface area (Å²) in [6.45, 7) is 5.88. The van der Waals surface area contributed by atoms with Crippen molar-refractivity contribution in [3.8, 4) is 5.75 Å². The third-order valence-corrected chi connectivity index (χ3v) is 3.78. The second-order valence-corrected chi connectivity index (χ2v) is 6.47. The third kappa shape index (κ3) is 4.88. The molecular weight excluding hydrogens is 333 g/mol. The monoisotopic (exact) mass is 351 g/mol. The van der Waals surface area contributed by atoms with Crippen LogP contribution in [0.2, 0.25) is 10.0 Å². The Bertz CT molecular complexity index is 681. The molecule has 2 aromatic carbocycles. The van der Waals surface area contributed by atoms with Gasteiger partial charge in [-0.15, -0.1) is 0 Å². The van der Waals surface area contributed by atoms with Crippen molar-refractivity contribution in [2.24, 2.45) is 0 Å². The molecule has 1 atom stereocenters. The van der Waals surface area contributed by atoms with Crippen LogP contribution in [0.5, 0.6) is 5.75 Å². The number of carbonyl (C=O) groups excluding carboxylic acids is 1. The second kappa shape index (κ2) is 7.71. The molecule has 3 nitrogen and oxygen atoms in total. The van der Waals surface area contributed by atoms with Crippen LogP contribution in [-0.2, 0) is 4.79 Å². The minimum absolute atomic E-state index is 0.262. The Morgan fingerprint density at radius 1 is 1.04 bits per heavy atom. The molecule has 0 spiro atoms. The van der Waals surface area contributed by atoms with Gasteiger partial charge in [0.05, 0.1) is 0 Å². The minimum Gasteiger partial charge on any atom is -0.481 e. The van der Waals surface area contributed by atoms with Gasteiger partial charge in [-0.05, 0) is 42.7 Å². The Kier molecular flexibility index (Phi) is 5.91. The molecule has 2 aromatic rings. The molecule has 0 aromatic heterocycles. The van der Waals surface area contributed by atoms with Crippen LogP contribution in [0, 0.1) is 0 Å². The third-order valence-electron chi connectivity index (χ3n) is 3.34. The van der Waals surface area contributed by atoms with Crippen LogP contribution in [0.15, 0.2) is 42.5 Å². The van der Waals surface area contributed by atoms with E-state index in [1.165, 1.54) is 0 Å². The van der Waals surface area contributed by atoms with E-state index in [1.807, 2.05) is 24.3 Å². The van der Waals surface area contributed by atoms with Gasteiger partial charge in [0.25, 0.3) is 5.91 Å². The van der Waals surface area contributed by atoms with E-state index in [4.69, 9.17) is 27.9 Å². The fraction of sp³-hybridized carbons (Fsp3) is 0.278. The van der Waals surface area contributed by atoms with Gasteiger partial charge in [-0.1, -0.05) is 55.2 Å². The number of amides is 1. The van der Waals surface area contributed by atoms with Gasteiger partial charge < -0.3 is 10.1 Å². The predicted octanol–water partition coefficient (Wildman–Crippen LogP) is 5.52. The van der Waals surface area contributed by atoms with Crippen molar-refractivity contribution >= 4 is 34.8 Å². The summed E-state index contributed by atoms with van der Waals surface area (Å²) in [4.78, 5) is 12.3. The summed E-state index contributed by atoms with van der Waals surface area (Å²) >= 11 is 11.9. The Balaban J connectivity index is 2.08. The molecule has 1 N–H and O–H groups in total. The highest BCUT2D eigenvalue weighted by Gasteiger charge is 2.17. The second-order valence-electron chi connectivity index (χ2n) is 5.60. The number of benzene rings is 2. The largest absolute Gasteiger partial charge is 0.481 e. The van der Waals surface area contributed by atoms with E-state index >= 15 is 0 Å². The van der Waals surface area contributed by atoms with Gasteiger partial charge in [0.2, 0.25) is 0 Å². The standard InChI is InChI=1S/C18H19Cl2NO2/c1-11(2)16-6-4-5-7-17(16)23-12(3)18(22)21-15-9-13(19)8-14(20)10-15/h4-12H,1-3H3,(H,21,22)/t12-/m1/s1. The van der Waals surface area contributed by atoms with Gasteiger partial charge in [0.15, 0.2) is 6.10 Å². The topological polar surface area (TPSA) is 38.3 Å². The molecule has 0 heterocycles. The molecule has 0 aliphatic heterocycles. The zero-order valence-electron chi connectivity index (χ0n) is 13.3. The highest BCUT2D eigenvalue weighted by molar-refractivity contribution is 6.35. The van der Waals surface area contributed by atoms with Crippen molar-refractivity contribution in [1.82, 2.24) is 0 Å². The van der Waals surface area contributed by atoms with E-state index in [-0.39, 0.29) is 5.91 Å². The summed E-state index contributed by atoms with van der Waals surface area (Å²) in [5.74, 6) is 0.768. The average molecular weight is 352 g/mol. The fourth-order valence-electron chi connectivity index (χ4n) is 2.18.